The molecular weight excluding hydrogens is 222 g/mol. The molecule has 1 aromatic heterocycles. The molecule has 17 heavy (non-hydrogen) atoms. The van der Waals surface area contributed by atoms with Crippen molar-refractivity contribution in [3.63, 3.8) is 0 Å². The Morgan fingerprint density at radius 1 is 1.41 bits per heavy atom. The summed E-state index contributed by atoms with van der Waals surface area (Å²) in [6.45, 7) is 2.45. The minimum Gasteiger partial charge on any atom is -0.356 e. The van der Waals surface area contributed by atoms with E-state index in [9.17, 15) is 14.4 Å². The molecule has 1 aliphatic heterocycles. The molecule has 1 saturated heterocycles. The number of carbonyl (C=O) groups is 3. The standard InChI is InChI=1S/C11H13N3O3/c1-7(15)8-4-9(13-5-8)11(17)14-3-2-12-10(16)6-14/h4-5,13H,2-3,6H2,1H3,(H,12,16). The highest BCUT2D eigenvalue weighted by molar-refractivity contribution is 6.00. The zero-order valence-electron chi connectivity index (χ0n) is 9.45. The van der Waals surface area contributed by atoms with E-state index in [-0.39, 0.29) is 24.1 Å². The lowest BCUT2D eigenvalue weighted by Gasteiger charge is -2.26. The predicted molar refractivity (Wildman–Crippen MR) is 59.7 cm³/mol. The van der Waals surface area contributed by atoms with Gasteiger partial charge in [-0.3, -0.25) is 14.4 Å². The molecule has 0 atom stereocenters. The Bertz CT molecular complexity index is 478. The largest absolute Gasteiger partial charge is 0.356 e. The summed E-state index contributed by atoms with van der Waals surface area (Å²) in [5.74, 6) is -0.521. The van der Waals surface area contributed by atoms with Crippen molar-refractivity contribution in [3.8, 4) is 0 Å². The van der Waals surface area contributed by atoms with Crippen LogP contribution in [0, 0.1) is 0 Å². The second kappa shape index (κ2) is 4.40. The third-order valence-electron chi connectivity index (χ3n) is 2.65. The van der Waals surface area contributed by atoms with Gasteiger partial charge >= 0.3 is 0 Å². The summed E-state index contributed by atoms with van der Waals surface area (Å²) >= 11 is 0. The third kappa shape index (κ3) is 2.35. The molecule has 0 unspecified atom stereocenters. The molecule has 2 amide bonds. The van der Waals surface area contributed by atoms with Gasteiger partial charge in [-0.1, -0.05) is 0 Å². The molecule has 2 N–H and O–H groups in total. The fourth-order valence-corrected chi connectivity index (χ4v) is 1.70. The van der Waals surface area contributed by atoms with Gasteiger partial charge in [-0.25, -0.2) is 0 Å². The molecule has 1 fully saturated rings. The number of aromatic nitrogens is 1. The molecule has 1 aliphatic rings. The van der Waals surface area contributed by atoms with Gasteiger partial charge in [-0.15, -0.1) is 0 Å². The summed E-state index contributed by atoms with van der Waals surface area (Å²) in [5, 5.41) is 2.64. The minimum atomic E-state index is -0.257. The Labute approximate surface area is 98.0 Å². The minimum absolute atomic E-state index is 0.0628. The molecule has 0 radical (unpaired) electrons. The summed E-state index contributed by atoms with van der Waals surface area (Å²) in [5.41, 5.74) is 0.805. The molecule has 0 saturated carbocycles. The molecule has 0 aromatic carbocycles. The van der Waals surface area contributed by atoms with Gasteiger partial charge in [0.05, 0.1) is 6.54 Å². The van der Waals surface area contributed by atoms with Crippen LogP contribution < -0.4 is 5.32 Å². The van der Waals surface area contributed by atoms with Crippen molar-refractivity contribution in [2.45, 2.75) is 6.92 Å². The van der Waals surface area contributed by atoms with Crippen molar-refractivity contribution in [1.82, 2.24) is 15.2 Å². The molecule has 0 aliphatic carbocycles. The normalized spacial score (nSPS) is 15.6. The number of hydrogen-bond donors (Lipinski definition) is 2. The number of carbonyl (C=O) groups excluding carboxylic acids is 3. The Morgan fingerprint density at radius 3 is 2.76 bits per heavy atom. The van der Waals surface area contributed by atoms with Gasteiger partial charge in [0, 0.05) is 24.8 Å². The average molecular weight is 235 g/mol. The molecule has 1 aromatic rings. The fraction of sp³-hybridized carbons (Fsp3) is 0.364. The topological polar surface area (TPSA) is 82.3 Å². The van der Waals surface area contributed by atoms with E-state index in [2.05, 4.69) is 10.3 Å². The number of H-pyrrole nitrogens is 1. The highest BCUT2D eigenvalue weighted by Gasteiger charge is 2.23. The predicted octanol–water partition coefficient (Wildman–Crippen LogP) is -0.211. The van der Waals surface area contributed by atoms with E-state index in [0.29, 0.717) is 24.3 Å². The smallest absolute Gasteiger partial charge is 0.270 e. The lowest BCUT2D eigenvalue weighted by Crippen LogP contribution is -2.50. The third-order valence-corrected chi connectivity index (χ3v) is 2.65. The number of amides is 2. The molecule has 6 heteroatoms. The first-order chi connectivity index (χ1) is 8.08. The van der Waals surface area contributed by atoms with Gasteiger partial charge in [-0.05, 0) is 13.0 Å². The molecule has 90 valence electrons. The fourth-order valence-electron chi connectivity index (χ4n) is 1.70. The van der Waals surface area contributed by atoms with Crippen molar-refractivity contribution < 1.29 is 14.4 Å². The van der Waals surface area contributed by atoms with Crippen LogP contribution in [0.2, 0.25) is 0 Å². The molecule has 0 bridgehead atoms. The zero-order valence-corrected chi connectivity index (χ0v) is 9.45. The maximum absolute atomic E-state index is 12.0. The number of hydrogen-bond acceptors (Lipinski definition) is 3. The molecule has 0 spiro atoms. The van der Waals surface area contributed by atoms with Gasteiger partial charge < -0.3 is 15.2 Å². The van der Waals surface area contributed by atoms with Gasteiger partial charge in [0.25, 0.3) is 5.91 Å². The van der Waals surface area contributed by atoms with Crippen LogP contribution in [0.4, 0.5) is 0 Å². The number of aromatic amines is 1. The molecular formula is C11H13N3O3. The number of nitrogens with one attached hydrogen (secondary N) is 2. The van der Waals surface area contributed by atoms with Crippen LogP contribution in [-0.4, -0.2) is 47.1 Å². The zero-order chi connectivity index (χ0) is 12.4. The van der Waals surface area contributed by atoms with Crippen LogP contribution in [0.25, 0.3) is 0 Å². The van der Waals surface area contributed by atoms with Gasteiger partial charge in [-0.2, -0.15) is 0 Å². The monoisotopic (exact) mass is 235 g/mol. The van der Waals surface area contributed by atoms with E-state index >= 15 is 0 Å². The van der Waals surface area contributed by atoms with E-state index in [1.807, 2.05) is 0 Å². The van der Waals surface area contributed by atoms with Crippen LogP contribution in [0.15, 0.2) is 12.3 Å². The summed E-state index contributed by atoms with van der Waals surface area (Å²) in [6, 6.07) is 1.51. The molecule has 2 rings (SSSR count). The van der Waals surface area contributed by atoms with Gasteiger partial charge in [0.1, 0.15) is 5.69 Å². The number of nitrogens with zero attached hydrogens (tertiary/aromatic N) is 1. The number of rotatable bonds is 2. The Hall–Kier alpha value is -2.11. The summed E-state index contributed by atoms with van der Waals surface area (Å²) in [4.78, 5) is 38.4. The lowest BCUT2D eigenvalue weighted by molar-refractivity contribution is -0.123. The number of Topliss-reactive ketones (excluding diaryl/α,β-unsaturated/α-hetero) is 1. The number of ketones is 1. The first-order valence-corrected chi connectivity index (χ1v) is 5.33. The second-order valence-electron chi connectivity index (χ2n) is 3.93. The van der Waals surface area contributed by atoms with Crippen molar-refractivity contribution in [3.05, 3.63) is 23.5 Å². The molecule has 6 nitrogen and oxygen atoms in total. The second-order valence-corrected chi connectivity index (χ2v) is 3.93. The Kier molecular flexibility index (Phi) is 2.95. The highest BCUT2D eigenvalue weighted by Crippen LogP contribution is 2.08. The van der Waals surface area contributed by atoms with Crippen LogP contribution in [0.1, 0.15) is 27.8 Å². The maximum Gasteiger partial charge on any atom is 0.270 e. The Balaban J connectivity index is 2.13. The van der Waals surface area contributed by atoms with Gasteiger partial charge in [0.2, 0.25) is 5.91 Å². The quantitative estimate of drug-likeness (QED) is 0.696. The van der Waals surface area contributed by atoms with Gasteiger partial charge in [0.15, 0.2) is 5.78 Å². The van der Waals surface area contributed by atoms with E-state index in [4.69, 9.17) is 0 Å². The van der Waals surface area contributed by atoms with Crippen LogP contribution in [0.3, 0.4) is 0 Å². The van der Waals surface area contributed by atoms with E-state index in [0.717, 1.165) is 0 Å². The van der Waals surface area contributed by atoms with Crippen LogP contribution >= 0.6 is 0 Å². The summed E-state index contributed by atoms with van der Waals surface area (Å²) in [6.07, 6.45) is 1.50. The van der Waals surface area contributed by atoms with Crippen LogP contribution in [-0.2, 0) is 4.79 Å². The highest BCUT2D eigenvalue weighted by atomic mass is 16.2. The van der Waals surface area contributed by atoms with Crippen molar-refractivity contribution in [1.29, 1.82) is 0 Å². The van der Waals surface area contributed by atoms with Crippen molar-refractivity contribution in [2.75, 3.05) is 19.6 Å². The van der Waals surface area contributed by atoms with E-state index < -0.39 is 0 Å². The van der Waals surface area contributed by atoms with Crippen molar-refractivity contribution >= 4 is 17.6 Å². The lowest BCUT2D eigenvalue weighted by atomic mass is 10.2. The van der Waals surface area contributed by atoms with Crippen LogP contribution in [0.5, 0.6) is 0 Å². The molecule has 2 heterocycles. The Morgan fingerprint density at radius 2 is 2.18 bits per heavy atom. The average Bonchev–Trinajstić information content (AvgIpc) is 2.77. The summed E-state index contributed by atoms with van der Waals surface area (Å²) < 4.78 is 0. The summed E-state index contributed by atoms with van der Waals surface area (Å²) in [7, 11) is 0. The first-order valence-electron chi connectivity index (χ1n) is 5.33. The van der Waals surface area contributed by atoms with Crippen molar-refractivity contribution in [2.24, 2.45) is 0 Å². The maximum atomic E-state index is 12.0. The van der Waals surface area contributed by atoms with E-state index in [1.54, 1.807) is 0 Å². The van der Waals surface area contributed by atoms with E-state index in [1.165, 1.54) is 24.1 Å². The number of piperazine rings is 1. The first kappa shape index (κ1) is 11.4. The SMILES string of the molecule is CC(=O)c1c[nH]c(C(=O)N2CCNC(=O)C2)c1.